The lowest BCUT2D eigenvalue weighted by atomic mass is 10.1. The van der Waals surface area contributed by atoms with Crippen molar-refractivity contribution in [1.29, 1.82) is 0 Å². The van der Waals surface area contributed by atoms with E-state index in [1.165, 1.54) is 12.3 Å². The molecule has 0 fully saturated rings. The van der Waals surface area contributed by atoms with Gasteiger partial charge in [-0.3, -0.25) is 9.40 Å². The summed E-state index contributed by atoms with van der Waals surface area (Å²) in [6.07, 6.45) is 3.15. The minimum absolute atomic E-state index is 0.153. The van der Waals surface area contributed by atoms with E-state index in [9.17, 15) is 8.42 Å². The molecule has 0 spiro atoms. The number of anilines is 2. The average Bonchev–Trinajstić information content (AvgIpc) is 2.83. The fourth-order valence-corrected chi connectivity index (χ4v) is 3.04. The summed E-state index contributed by atoms with van der Waals surface area (Å²) in [4.78, 5) is 0.153. The van der Waals surface area contributed by atoms with Crippen LogP contribution in [0.1, 0.15) is 31.0 Å². The van der Waals surface area contributed by atoms with Crippen LogP contribution in [0.2, 0.25) is 0 Å². The minimum atomic E-state index is -3.67. The van der Waals surface area contributed by atoms with Crippen molar-refractivity contribution in [1.82, 2.24) is 9.78 Å². The first-order chi connectivity index (χ1) is 9.70. The van der Waals surface area contributed by atoms with Crippen LogP contribution in [0.25, 0.3) is 0 Å². The van der Waals surface area contributed by atoms with E-state index in [1.54, 1.807) is 16.9 Å². The van der Waals surface area contributed by atoms with E-state index in [2.05, 4.69) is 9.82 Å². The fourth-order valence-electron chi connectivity index (χ4n) is 1.89. The Morgan fingerprint density at radius 1 is 1.29 bits per heavy atom. The van der Waals surface area contributed by atoms with Crippen LogP contribution in [0, 0.1) is 13.8 Å². The van der Waals surface area contributed by atoms with Gasteiger partial charge >= 0.3 is 0 Å². The maximum Gasteiger partial charge on any atom is 0.262 e. The van der Waals surface area contributed by atoms with Gasteiger partial charge in [-0.05, 0) is 51.0 Å². The van der Waals surface area contributed by atoms with Crippen LogP contribution in [0.4, 0.5) is 11.4 Å². The van der Waals surface area contributed by atoms with Gasteiger partial charge in [0.2, 0.25) is 0 Å². The van der Waals surface area contributed by atoms with E-state index in [1.807, 2.05) is 27.7 Å². The number of hydrogen-bond donors (Lipinski definition) is 2. The molecule has 0 saturated heterocycles. The van der Waals surface area contributed by atoms with Crippen molar-refractivity contribution < 1.29 is 8.42 Å². The van der Waals surface area contributed by atoms with E-state index >= 15 is 0 Å². The molecule has 1 heterocycles. The van der Waals surface area contributed by atoms with Gasteiger partial charge in [0.25, 0.3) is 10.0 Å². The molecule has 0 radical (unpaired) electrons. The lowest BCUT2D eigenvalue weighted by Crippen LogP contribution is -2.13. The lowest BCUT2D eigenvalue weighted by Gasteiger charge is -2.10. The van der Waals surface area contributed by atoms with Gasteiger partial charge in [0.15, 0.2) is 0 Å². The third kappa shape index (κ3) is 3.18. The SMILES string of the molecule is Cc1cc(S(=O)(=O)Nc2cnn(C(C)C)c2)cc(N)c1C. The number of nitrogens with zero attached hydrogens (tertiary/aromatic N) is 2. The quantitative estimate of drug-likeness (QED) is 0.849. The standard InChI is InChI=1S/C14H20N4O2S/c1-9(2)18-8-12(7-16-18)17-21(19,20)13-5-10(3)11(4)14(15)6-13/h5-9,17H,15H2,1-4H3. The number of aryl methyl sites for hydroxylation is 1. The topological polar surface area (TPSA) is 90.0 Å². The molecule has 7 heteroatoms. The highest BCUT2D eigenvalue weighted by atomic mass is 32.2. The van der Waals surface area contributed by atoms with Gasteiger partial charge in [-0.15, -0.1) is 0 Å². The second kappa shape index (κ2) is 5.40. The molecule has 2 rings (SSSR count). The fraction of sp³-hybridized carbons (Fsp3) is 0.357. The van der Waals surface area contributed by atoms with Gasteiger partial charge in [-0.1, -0.05) is 0 Å². The number of aromatic nitrogens is 2. The predicted octanol–water partition coefficient (Wildman–Crippen LogP) is 2.46. The molecule has 0 amide bonds. The first-order valence-electron chi connectivity index (χ1n) is 6.64. The molecule has 6 nitrogen and oxygen atoms in total. The highest BCUT2D eigenvalue weighted by Crippen LogP contribution is 2.23. The Hall–Kier alpha value is -2.02. The van der Waals surface area contributed by atoms with Crippen molar-refractivity contribution in [2.75, 3.05) is 10.5 Å². The molecule has 1 aromatic carbocycles. The molecule has 1 aromatic heterocycles. The summed E-state index contributed by atoms with van der Waals surface area (Å²) in [5.74, 6) is 0. The largest absolute Gasteiger partial charge is 0.398 e. The Kier molecular flexibility index (Phi) is 3.95. The van der Waals surface area contributed by atoms with Gasteiger partial charge in [-0.25, -0.2) is 8.42 Å². The third-order valence-corrected chi connectivity index (χ3v) is 4.73. The van der Waals surface area contributed by atoms with Crippen molar-refractivity contribution in [2.24, 2.45) is 0 Å². The summed E-state index contributed by atoms with van der Waals surface area (Å²) in [6.45, 7) is 7.63. The highest BCUT2D eigenvalue weighted by Gasteiger charge is 2.17. The van der Waals surface area contributed by atoms with Gasteiger partial charge in [0.1, 0.15) is 0 Å². The number of nitrogens with two attached hydrogens (primary N) is 1. The Balaban J connectivity index is 2.33. The predicted molar refractivity (Wildman–Crippen MR) is 83.7 cm³/mol. The zero-order valence-electron chi connectivity index (χ0n) is 12.6. The second-order valence-electron chi connectivity index (χ2n) is 5.36. The van der Waals surface area contributed by atoms with Crippen LogP contribution >= 0.6 is 0 Å². The van der Waals surface area contributed by atoms with Crippen LogP contribution in [-0.2, 0) is 10.0 Å². The minimum Gasteiger partial charge on any atom is -0.398 e. The van der Waals surface area contributed by atoms with Crippen LogP contribution in [0.5, 0.6) is 0 Å². The number of sulfonamides is 1. The average molecular weight is 308 g/mol. The molecule has 0 aliphatic heterocycles. The van der Waals surface area contributed by atoms with Crippen molar-refractivity contribution in [3.8, 4) is 0 Å². The Morgan fingerprint density at radius 3 is 2.48 bits per heavy atom. The molecule has 0 aliphatic carbocycles. The van der Waals surface area contributed by atoms with Crippen LogP contribution in [0.15, 0.2) is 29.4 Å². The number of rotatable bonds is 4. The summed E-state index contributed by atoms with van der Waals surface area (Å²) >= 11 is 0. The molecule has 114 valence electrons. The smallest absolute Gasteiger partial charge is 0.262 e. The van der Waals surface area contributed by atoms with Crippen LogP contribution in [0.3, 0.4) is 0 Å². The highest BCUT2D eigenvalue weighted by molar-refractivity contribution is 7.92. The lowest BCUT2D eigenvalue weighted by molar-refractivity contribution is 0.532. The molecule has 3 N–H and O–H groups in total. The van der Waals surface area contributed by atoms with Crippen molar-refractivity contribution in [3.63, 3.8) is 0 Å². The van der Waals surface area contributed by atoms with Crippen LogP contribution < -0.4 is 10.5 Å². The van der Waals surface area contributed by atoms with E-state index in [0.29, 0.717) is 11.4 Å². The molecule has 2 aromatic rings. The monoisotopic (exact) mass is 308 g/mol. The Labute approximate surface area is 125 Å². The summed E-state index contributed by atoms with van der Waals surface area (Å²) in [7, 11) is -3.67. The number of nitrogen functional groups attached to an aromatic ring is 1. The molecule has 0 saturated carbocycles. The first-order valence-corrected chi connectivity index (χ1v) is 8.12. The number of benzene rings is 1. The molecular formula is C14H20N4O2S. The third-order valence-electron chi connectivity index (χ3n) is 3.37. The van der Waals surface area contributed by atoms with Gasteiger partial charge in [0.05, 0.1) is 16.8 Å². The second-order valence-corrected chi connectivity index (χ2v) is 7.05. The first kappa shape index (κ1) is 15.4. The zero-order valence-corrected chi connectivity index (χ0v) is 13.4. The number of nitrogens with one attached hydrogen (secondary N) is 1. The van der Waals surface area contributed by atoms with Gasteiger partial charge in [0, 0.05) is 17.9 Å². The normalized spacial score (nSPS) is 11.9. The molecule has 0 unspecified atom stereocenters. The maximum atomic E-state index is 12.4. The number of hydrogen-bond acceptors (Lipinski definition) is 4. The van der Waals surface area contributed by atoms with Gasteiger partial charge < -0.3 is 5.73 Å². The maximum absolute atomic E-state index is 12.4. The summed E-state index contributed by atoms with van der Waals surface area (Å²) in [6, 6.07) is 3.25. The zero-order chi connectivity index (χ0) is 15.8. The molecule has 0 bridgehead atoms. The summed E-state index contributed by atoms with van der Waals surface area (Å²) in [5, 5.41) is 4.11. The van der Waals surface area contributed by atoms with E-state index in [4.69, 9.17) is 5.73 Å². The summed E-state index contributed by atoms with van der Waals surface area (Å²) < 4.78 is 29.0. The van der Waals surface area contributed by atoms with Gasteiger partial charge in [-0.2, -0.15) is 5.10 Å². The van der Waals surface area contributed by atoms with Crippen molar-refractivity contribution in [2.45, 2.75) is 38.6 Å². The van der Waals surface area contributed by atoms with Crippen molar-refractivity contribution >= 4 is 21.4 Å². The molecule has 0 atom stereocenters. The Bertz CT molecular complexity index is 740. The van der Waals surface area contributed by atoms with E-state index in [-0.39, 0.29) is 10.9 Å². The molecule has 0 aliphatic rings. The molecular weight excluding hydrogens is 288 g/mol. The molecule has 21 heavy (non-hydrogen) atoms. The Morgan fingerprint density at radius 2 is 1.95 bits per heavy atom. The van der Waals surface area contributed by atoms with Crippen molar-refractivity contribution in [3.05, 3.63) is 35.7 Å². The summed E-state index contributed by atoms with van der Waals surface area (Å²) in [5.41, 5.74) is 8.48. The van der Waals surface area contributed by atoms with E-state index in [0.717, 1.165) is 11.1 Å². The van der Waals surface area contributed by atoms with Crippen LogP contribution in [-0.4, -0.2) is 18.2 Å². The van der Waals surface area contributed by atoms with E-state index < -0.39 is 10.0 Å².